The van der Waals surface area contributed by atoms with Gasteiger partial charge in [-0.1, -0.05) is 18.5 Å². The molecule has 32 heavy (non-hydrogen) atoms. The summed E-state index contributed by atoms with van der Waals surface area (Å²) in [5, 5.41) is 6.56. The van der Waals surface area contributed by atoms with E-state index in [-0.39, 0.29) is 10.9 Å². The van der Waals surface area contributed by atoms with Gasteiger partial charge in [-0.25, -0.2) is 0 Å². The highest BCUT2D eigenvalue weighted by molar-refractivity contribution is 7.80. The molecule has 6 nitrogen and oxygen atoms in total. The molecule has 1 aromatic heterocycles. The van der Waals surface area contributed by atoms with Crippen LogP contribution in [0.25, 0.3) is 11.3 Å². The third-order valence-corrected chi connectivity index (χ3v) is 5.95. The van der Waals surface area contributed by atoms with Gasteiger partial charge in [0.25, 0.3) is 5.91 Å². The summed E-state index contributed by atoms with van der Waals surface area (Å²) in [5.74, 6) is 0.356. The standard InChI is InChI=1S/C24H25ClN4O2S/c1-2-28-13-15-29(16-14-28)20-9-7-19(8-10-20)26-24(32)27-23(30)22-12-11-21(31-22)17-3-5-18(25)6-4-17/h3-12H,2,13-16H2,1H3,(H2,26,27,30,32). The van der Waals surface area contributed by atoms with Gasteiger partial charge in [-0.3, -0.25) is 10.1 Å². The fourth-order valence-electron chi connectivity index (χ4n) is 3.63. The highest BCUT2D eigenvalue weighted by Gasteiger charge is 2.16. The molecule has 4 rings (SSSR count). The summed E-state index contributed by atoms with van der Waals surface area (Å²) >= 11 is 11.2. The molecule has 0 bridgehead atoms. The van der Waals surface area contributed by atoms with Crippen LogP contribution in [0.15, 0.2) is 65.1 Å². The van der Waals surface area contributed by atoms with Crippen molar-refractivity contribution >= 4 is 46.2 Å². The summed E-state index contributed by atoms with van der Waals surface area (Å²) in [4.78, 5) is 17.3. The Morgan fingerprint density at radius 3 is 2.34 bits per heavy atom. The Balaban J connectivity index is 1.31. The van der Waals surface area contributed by atoms with Gasteiger partial charge < -0.3 is 19.5 Å². The van der Waals surface area contributed by atoms with Gasteiger partial charge in [0.05, 0.1) is 0 Å². The molecule has 1 amide bonds. The summed E-state index contributed by atoms with van der Waals surface area (Å²) in [5.41, 5.74) is 2.84. The fourth-order valence-corrected chi connectivity index (χ4v) is 3.97. The first-order valence-corrected chi connectivity index (χ1v) is 11.4. The number of nitrogens with zero attached hydrogens (tertiary/aromatic N) is 2. The van der Waals surface area contributed by atoms with E-state index in [0.29, 0.717) is 10.8 Å². The number of anilines is 2. The number of hydrogen-bond donors (Lipinski definition) is 2. The van der Waals surface area contributed by atoms with Crippen LogP contribution in [0.2, 0.25) is 5.02 Å². The Morgan fingerprint density at radius 2 is 1.69 bits per heavy atom. The zero-order valence-corrected chi connectivity index (χ0v) is 19.4. The number of thiocarbonyl (C=S) groups is 1. The van der Waals surface area contributed by atoms with Crippen molar-refractivity contribution in [2.75, 3.05) is 42.9 Å². The number of halogens is 1. The van der Waals surface area contributed by atoms with Crippen molar-refractivity contribution in [3.05, 3.63) is 71.4 Å². The molecule has 0 unspecified atom stereocenters. The number of hydrogen-bond acceptors (Lipinski definition) is 5. The van der Waals surface area contributed by atoms with Gasteiger partial charge in [-0.15, -0.1) is 0 Å². The lowest BCUT2D eigenvalue weighted by Crippen LogP contribution is -2.46. The minimum absolute atomic E-state index is 0.181. The minimum Gasteiger partial charge on any atom is -0.451 e. The normalized spacial score (nSPS) is 14.2. The van der Waals surface area contributed by atoms with Crippen molar-refractivity contribution in [3.63, 3.8) is 0 Å². The molecule has 3 aromatic rings. The summed E-state index contributed by atoms with van der Waals surface area (Å²) < 4.78 is 5.67. The second kappa shape index (κ2) is 10.2. The molecular formula is C24H25ClN4O2S. The Bertz CT molecular complexity index is 1070. The summed E-state index contributed by atoms with van der Waals surface area (Å²) in [7, 11) is 0. The topological polar surface area (TPSA) is 60.8 Å². The van der Waals surface area contributed by atoms with Gasteiger partial charge >= 0.3 is 0 Å². The lowest BCUT2D eigenvalue weighted by Gasteiger charge is -2.35. The van der Waals surface area contributed by atoms with Crippen LogP contribution in [0.5, 0.6) is 0 Å². The molecule has 166 valence electrons. The highest BCUT2D eigenvalue weighted by atomic mass is 35.5. The van der Waals surface area contributed by atoms with E-state index in [2.05, 4.69) is 39.5 Å². The number of amides is 1. The van der Waals surface area contributed by atoms with Crippen molar-refractivity contribution in [2.45, 2.75) is 6.92 Å². The number of furan rings is 1. The van der Waals surface area contributed by atoms with Crippen molar-refractivity contribution in [1.82, 2.24) is 10.2 Å². The Morgan fingerprint density at radius 1 is 1.00 bits per heavy atom. The number of nitrogens with one attached hydrogen (secondary N) is 2. The third kappa shape index (κ3) is 5.48. The van der Waals surface area contributed by atoms with Crippen molar-refractivity contribution in [2.24, 2.45) is 0 Å². The molecule has 0 radical (unpaired) electrons. The smallest absolute Gasteiger partial charge is 0.293 e. The maximum Gasteiger partial charge on any atom is 0.293 e. The van der Waals surface area contributed by atoms with Crippen molar-refractivity contribution in [1.29, 1.82) is 0 Å². The van der Waals surface area contributed by atoms with Gasteiger partial charge in [0, 0.05) is 48.1 Å². The Hall–Kier alpha value is -2.87. The molecular weight excluding hydrogens is 444 g/mol. The number of rotatable bonds is 5. The first-order chi connectivity index (χ1) is 15.5. The van der Waals surface area contributed by atoms with Crippen LogP contribution in [0, 0.1) is 0 Å². The SMILES string of the molecule is CCN1CCN(c2ccc(NC(=S)NC(=O)c3ccc(-c4ccc(Cl)cc4)o3)cc2)CC1. The Kier molecular flexibility index (Phi) is 7.09. The average Bonchev–Trinajstić information content (AvgIpc) is 3.31. The molecule has 0 aliphatic carbocycles. The van der Waals surface area contributed by atoms with E-state index < -0.39 is 5.91 Å². The molecule has 1 aliphatic heterocycles. The second-order valence-electron chi connectivity index (χ2n) is 7.55. The summed E-state index contributed by atoms with van der Waals surface area (Å²) in [6.45, 7) is 7.51. The number of likely N-dealkylation sites (N-methyl/N-ethyl adjacent to an activating group) is 1. The van der Waals surface area contributed by atoms with Gasteiger partial charge in [0.1, 0.15) is 5.76 Å². The summed E-state index contributed by atoms with van der Waals surface area (Å²) in [6.07, 6.45) is 0. The first kappa shape index (κ1) is 22.3. The van der Waals surface area contributed by atoms with Crippen LogP contribution < -0.4 is 15.5 Å². The number of carbonyl (C=O) groups is 1. The predicted octanol–water partition coefficient (Wildman–Crippen LogP) is 4.87. The maximum absolute atomic E-state index is 12.5. The van der Waals surface area contributed by atoms with Gasteiger partial charge in [0.2, 0.25) is 0 Å². The van der Waals surface area contributed by atoms with Gasteiger partial charge in [0.15, 0.2) is 10.9 Å². The van der Waals surface area contributed by atoms with Crippen LogP contribution in [0.4, 0.5) is 11.4 Å². The van der Waals surface area contributed by atoms with Crippen LogP contribution in [-0.2, 0) is 0 Å². The lowest BCUT2D eigenvalue weighted by atomic mass is 10.2. The second-order valence-corrected chi connectivity index (χ2v) is 8.39. The zero-order chi connectivity index (χ0) is 22.5. The van der Waals surface area contributed by atoms with E-state index in [9.17, 15) is 4.79 Å². The molecule has 1 aliphatic rings. The lowest BCUT2D eigenvalue weighted by molar-refractivity contribution is 0.0951. The van der Waals surface area contributed by atoms with Crippen molar-refractivity contribution in [3.8, 4) is 11.3 Å². The van der Waals surface area contributed by atoms with E-state index in [4.69, 9.17) is 28.2 Å². The molecule has 2 N–H and O–H groups in total. The van der Waals surface area contributed by atoms with Crippen LogP contribution in [-0.4, -0.2) is 48.6 Å². The minimum atomic E-state index is -0.409. The van der Waals surface area contributed by atoms with E-state index in [1.54, 1.807) is 24.3 Å². The molecule has 1 saturated heterocycles. The van der Waals surface area contributed by atoms with E-state index in [1.807, 2.05) is 24.3 Å². The van der Waals surface area contributed by atoms with Crippen molar-refractivity contribution < 1.29 is 9.21 Å². The fraction of sp³-hybridized carbons (Fsp3) is 0.250. The monoisotopic (exact) mass is 468 g/mol. The molecule has 8 heteroatoms. The molecule has 1 fully saturated rings. The predicted molar refractivity (Wildman–Crippen MR) is 134 cm³/mol. The zero-order valence-electron chi connectivity index (χ0n) is 17.8. The van der Waals surface area contributed by atoms with E-state index >= 15 is 0 Å². The molecule has 0 spiro atoms. The quantitative estimate of drug-likeness (QED) is 0.521. The highest BCUT2D eigenvalue weighted by Crippen LogP contribution is 2.24. The molecule has 0 atom stereocenters. The first-order valence-electron chi connectivity index (χ1n) is 10.6. The largest absolute Gasteiger partial charge is 0.451 e. The number of carbonyl (C=O) groups excluding carboxylic acids is 1. The van der Waals surface area contributed by atoms with Gasteiger partial charge in [-0.2, -0.15) is 0 Å². The Labute approximate surface area is 198 Å². The van der Waals surface area contributed by atoms with E-state index in [1.165, 1.54) is 5.69 Å². The van der Waals surface area contributed by atoms with Crippen LogP contribution >= 0.6 is 23.8 Å². The molecule has 2 aromatic carbocycles. The van der Waals surface area contributed by atoms with E-state index in [0.717, 1.165) is 44.0 Å². The third-order valence-electron chi connectivity index (χ3n) is 5.50. The maximum atomic E-state index is 12.5. The summed E-state index contributed by atoms with van der Waals surface area (Å²) in [6, 6.07) is 18.6. The molecule has 2 heterocycles. The number of benzene rings is 2. The van der Waals surface area contributed by atoms with Gasteiger partial charge in [-0.05, 0) is 79.4 Å². The molecule has 0 saturated carbocycles. The average molecular weight is 469 g/mol. The number of piperazine rings is 1. The van der Waals surface area contributed by atoms with Crippen LogP contribution in [0.1, 0.15) is 17.5 Å². The van der Waals surface area contributed by atoms with Crippen LogP contribution in [0.3, 0.4) is 0 Å².